The van der Waals surface area contributed by atoms with E-state index in [1.165, 1.54) is 5.56 Å². The smallest absolute Gasteiger partial charge is 0.0682 e. The fraction of sp³-hybridized carbons (Fsp3) is 0.438. The summed E-state index contributed by atoms with van der Waals surface area (Å²) in [6.07, 6.45) is 2.03. The van der Waals surface area contributed by atoms with Gasteiger partial charge in [0.1, 0.15) is 0 Å². The summed E-state index contributed by atoms with van der Waals surface area (Å²) in [4.78, 5) is 2.17. The maximum Gasteiger partial charge on any atom is 0.0682 e. The van der Waals surface area contributed by atoms with Crippen molar-refractivity contribution >= 4 is 0 Å². The van der Waals surface area contributed by atoms with Crippen molar-refractivity contribution in [2.24, 2.45) is 0 Å². The van der Waals surface area contributed by atoms with Gasteiger partial charge in [0.05, 0.1) is 11.4 Å². The first kappa shape index (κ1) is 13.8. The highest BCUT2D eigenvalue weighted by molar-refractivity contribution is 5.34. The van der Waals surface area contributed by atoms with Gasteiger partial charge in [-0.05, 0) is 37.9 Å². The topological polar surface area (TPSA) is 21.1 Å². The van der Waals surface area contributed by atoms with Crippen LogP contribution in [0.4, 0.5) is 0 Å². The van der Waals surface area contributed by atoms with Crippen LogP contribution >= 0.6 is 0 Å². The van der Waals surface area contributed by atoms with Gasteiger partial charge in [-0.1, -0.05) is 32.9 Å². The molecule has 1 aromatic heterocycles. The highest BCUT2D eigenvalue weighted by Crippen LogP contribution is 2.21. The van der Waals surface area contributed by atoms with Crippen molar-refractivity contribution in [3.63, 3.8) is 0 Å². The van der Waals surface area contributed by atoms with Crippen molar-refractivity contribution in [2.75, 3.05) is 14.1 Å². The van der Waals surface area contributed by atoms with Gasteiger partial charge >= 0.3 is 0 Å². The molecule has 2 rings (SSSR count). The Labute approximate surface area is 115 Å². The van der Waals surface area contributed by atoms with Crippen LogP contribution in [0, 0.1) is 0 Å². The lowest BCUT2D eigenvalue weighted by Gasteiger charge is -2.14. The van der Waals surface area contributed by atoms with Crippen LogP contribution < -0.4 is 0 Å². The number of benzene rings is 1. The fourth-order valence-electron chi connectivity index (χ4n) is 1.99. The van der Waals surface area contributed by atoms with Crippen LogP contribution in [0.25, 0.3) is 5.69 Å². The molecule has 0 aliphatic rings. The highest BCUT2D eigenvalue weighted by Gasteiger charge is 2.16. The van der Waals surface area contributed by atoms with E-state index in [0.29, 0.717) is 0 Å². The second kappa shape index (κ2) is 5.17. The first-order valence-electron chi connectivity index (χ1n) is 6.66. The lowest BCUT2D eigenvalue weighted by Crippen LogP contribution is -2.12. The summed E-state index contributed by atoms with van der Waals surface area (Å²) >= 11 is 0. The third-order valence-corrected chi connectivity index (χ3v) is 3.06. The standard InChI is InChI=1S/C16H23N3/c1-16(2,3)15-10-11-19(17-15)14-8-6-13(7-9-14)12-18(4)5/h6-11H,12H2,1-5H3. The van der Waals surface area contributed by atoms with Crippen LogP contribution in [0.3, 0.4) is 0 Å². The first-order valence-corrected chi connectivity index (χ1v) is 6.66. The molecule has 0 amide bonds. The van der Waals surface area contributed by atoms with Gasteiger partial charge in [0.25, 0.3) is 0 Å². The van der Waals surface area contributed by atoms with Gasteiger partial charge in [0.15, 0.2) is 0 Å². The molecular weight excluding hydrogens is 234 g/mol. The SMILES string of the molecule is CN(C)Cc1ccc(-n2ccc(C(C)(C)C)n2)cc1. The van der Waals surface area contributed by atoms with E-state index in [4.69, 9.17) is 0 Å². The van der Waals surface area contributed by atoms with E-state index in [-0.39, 0.29) is 5.41 Å². The summed E-state index contributed by atoms with van der Waals surface area (Å²) in [5.74, 6) is 0. The monoisotopic (exact) mass is 257 g/mol. The predicted octanol–water partition coefficient (Wildman–Crippen LogP) is 3.23. The zero-order valence-electron chi connectivity index (χ0n) is 12.5. The molecule has 3 heteroatoms. The van der Waals surface area contributed by atoms with Crippen molar-refractivity contribution in [3.05, 3.63) is 47.8 Å². The Morgan fingerprint density at radius 3 is 2.16 bits per heavy atom. The molecule has 3 nitrogen and oxygen atoms in total. The van der Waals surface area contributed by atoms with Gasteiger partial charge in [0.2, 0.25) is 0 Å². The average Bonchev–Trinajstić information content (AvgIpc) is 2.78. The molecule has 102 valence electrons. The minimum absolute atomic E-state index is 0.0934. The summed E-state index contributed by atoms with van der Waals surface area (Å²) in [6.45, 7) is 7.51. The third-order valence-electron chi connectivity index (χ3n) is 3.06. The molecule has 0 N–H and O–H groups in total. The average molecular weight is 257 g/mol. The molecule has 0 bridgehead atoms. The first-order chi connectivity index (χ1) is 8.86. The van der Waals surface area contributed by atoms with Crippen LogP contribution in [-0.4, -0.2) is 28.8 Å². The molecule has 0 saturated heterocycles. The predicted molar refractivity (Wildman–Crippen MR) is 79.7 cm³/mol. The van der Waals surface area contributed by atoms with Crippen molar-refractivity contribution in [1.29, 1.82) is 0 Å². The fourth-order valence-corrected chi connectivity index (χ4v) is 1.99. The maximum absolute atomic E-state index is 4.65. The summed E-state index contributed by atoms with van der Waals surface area (Å²) in [5.41, 5.74) is 3.63. The summed E-state index contributed by atoms with van der Waals surface area (Å²) in [6, 6.07) is 10.7. The van der Waals surface area contributed by atoms with Crippen molar-refractivity contribution in [1.82, 2.24) is 14.7 Å². The van der Waals surface area contributed by atoms with E-state index in [9.17, 15) is 0 Å². The Kier molecular flexibility index (Phi) is 3.76. The minimum Gasteiger partial charge on any atom is -0.305 e. The molecule has 0 spiro atoms. The number of rotatable bonds is 3. The third kappa shape index (κ3) is 3.44. The molecule has 0 aliphatic carbocycles. The quantitative estimate of drug-likeness (QED) is 0.841. The molecule has 0 saturated carbocycles. The molecular formula is C16H23N3. The van der Waals surface area contributed by atoms with E-state index in [1.807, 2.05) is 10.9 Å². The van der Waals surface area contributed by atoms with Gasteiger partial charge in [-0.2, -0.15) is 5.10 Å². The number of hydrogen-bond acceptors (Lipinski definition) is 2. The lowest BCUT2D eigenvalue weighted by atomic mass is 9.93. The van der Waals surface area contributed by atoms with Gasteiger partial charge in [-0.15, -0.1) is 0 Å². The molecule has 0 unspecified atom stereocenters. The van der Waals surface area contributed by atoms with Crippen LogP contribution in [-0.2, 0) is 12.0 Å². The molecule has 1 aromatic carbocycles. The van der Waals surface area contributed by atoms with Crippen molar-refractivity contribution in [3.8, 4) is 5.69 Å². The Morgan fingerprint density at radius 1 is 1.05 bits per heavy atom. The van der Waals surface area contributed by atoms with E-state index in [2.05, 4.69) is 75.2 Å². The van der Waals surface area contributed by atoms with Crippen molar-refractivity contribution < 1.29 is 0 Å². The summed E-state index contributed by atoms with van der Waals surface area (Å²) < 4.78 is 1.94. The van der Waals surface area contributed by atoms with Gasteiger partial charge in [-0.25, -0.2) is 4.68 Å². The second-order valence-corrected chi connectivity index (χ2v) is 6.30. The van der Waals surface area contributed by atoms with Crippen LogP contribution in [0.15, 0.2) is 36.5 Å². The largest absolute Gasteiger partial charge is 0.305 e. The minimum atomic E-state index is 0.0934. The number of hydrogen-bond donors (Lipinski definition) is 0. The molecule has 1 heterocycles. The van der Waals surface area contributed by atoms with Crippen LogP contribution in [0.2, 0.25) is 0 Å². The van der Waals surface area contributed by atoms with Gasteiger partial charge in [0, 0.05) is 18.2 Å². The normalized spacial score (nSPS) is 12.1. The van der Waals surface area contributed by atoms with Gasteiger partial charge < -0.3 is 4.90 Å². The maximum atomic E-state index is 4.65. The summed E-state index contributed by atoms with van der Waals surface area (Å²) in [5, 5.41) is 4.65. The Bertz CT molecular complexity index is 530. The Balaban J connectivity index is 2.20. The second-order valence-electron chi connectivity index (χ2n) is 6.30. The van der Waals surface area contributed by atoms with E-state index in [0.717, 1.165) is 17.9 Å². The molecule has 0 atom stereocenters. The number of aromatic nitrogens is 2. The summed E-state index contributed by atoms with van der Waals surface area (Å²) in [7, 11) is 4.16. The van der Waals surface area contributed by atoms with E-state index < -0.39 is 0 Å². The molecule has 0 aliphatic heterocycles. The van der Waals surface area contributed by atoms with E-state index in [1.54, 1.807) is 0 Å². The number of nitrogens with zero attached hydrogens (tertiary/aromatic N) is 3. The lowest BCUT2D eigenvalue weighted by molar-refractivity contribution is 0.402. The molecule has 2 aromatic rings. The van der Waals surface area contributed by atoms with Crippen molar-refractivity contribution in [2.45, 2.75) is 32.7 Å². The van der Waals surface area contributed by atoms with Gasteiger partial charge in [-0.3, -0.25) is 0 Å². The molecule has 19 heavy (non-hydrogen) atoms. The highest BCUT2D eigenvalue weighted by atomic mass is 15.3. The Morgan fingerprint density at radius 2 is 1.68 bits per heavy atom. The van der Waals surface area contributed by atoms with Crippen LogP contribution in [0.5, 0.6) is 0 Å². The van der Waals surface area contributed by atoms with Crippen LogP contribution in [0.1, 0.15) is 32.0 Å². The zero-order chi connectivity index (χ0) is 14.0. The molecule has 0 fully saturated rings. The Hall–Kier alpha value is -1.61. The van der Waals surface area contributed by atoms with E-state index >= 15 is 0 Å². The molecule has 0 radical (unpaired) electrons. The zero-order valence-corrected chi connectivity index (χ0v) is 12.5.